The van der Waals surface area contributed by atoms with Crippen molar-refractivity contribution in [2.75, 3.05) is 11.9 Å². The van der Waals surface area contributed by atoms with E-state index < -0.39 is 0 Å². The molecule has 1 N–H and O–H groups in total. The normalized spacial score (nSPS) is 10.9. The van der Waals surface area contributed by atoms with E-state index in [4.69, 9.17) is 4.98 Å². The summed E-state index contributed by atoms with van der Waals surface area (Å²) in [6, 6.07) is 10.4. The van der Waals surface area contributed by atoms with Crippen LogP contribution >= 0.6 is 15.9 Å². The fourth-order valence-electron chi connectivity index (χ4n) is 2.21. The first-order chi connectivity index (χ1) is 10.1. The Kier molecular flexibility index (Phi) is 5.74. The van der Waals surface area contributed by atoms with Crippen LogP contribution < -0.4 is 5.32 Å². The molecular weight excluding hydrogens is 326 g/mol. The quantitative estimate of drug-likeness (QED) is 0.838. The molecule has 0 aliphatic carbocycles. The van der Waals surface area contributed by atoms with Crippen LogP contribution in [0, 0.1) is 5.92 Å². The highest BCUT2D eigenvalue weighted by Gasteiger charge is 2.07. The lowest BCUT2D eigenvalue weighted by molar-refractivity contribution is 0.631. The monoisotopic (exact) mass is 347 g/mol. The number of rotatable bonds is 6. The Labute approximate surface area is 135 Å². The van der Waals surface area contributed by atoms with Crippen LogP contribution in [0.3, 0.4) is 0 Å². The third-order valence-corrected chi connectivity index (χ3v) is 3.60. The fraction of sp³-hybridized carbons (Fsp3) is 0.412. The van der Waals surface area contributed by atoms with Gasteiger partial charge in [0.25, 0.3) is 0 Å². The average molecular weight is 348 g/mol. The molecule has 2 aromatic rings. The predicted octanol–water partition coefficient (Wildman–Crippen LogP) is 4.46. The van der Waals surface area contributed by atoms with Crippen LogP contribution in [0.5, 0.6) is 0 Å². The van der Waals surface area contributed by atoms with Crippen LogP contribution in [0.25, 0.3) is 0 Å². The van der Waals surface area contributed by atoms with Gasteiger partial charge in [-0.05, 0) is 37.0 Å². The van der Waals surface area contributed by atoms with Gasteiger partial charge in [0.2, 0.25) is 0 Å². The highest BCUT2D eigenvalue weighted by Crippen LogP contribution is 2.16. The summed E-state index contributed by atoms with van der Waals surface area (Å²) in [7, 11) is 0. The van der Waals surface area contributed by atoms with E-state index in [-0.39, 0.29) is 0 Å². The predicted molar refractivity (Wildman–Crippen MR) is 91.7 cm³/mol. The Balaban J connectivity index is 2.24. The van der Waals surface area contributed by atoms with Gasteiger partial charge in [-0.1, -0.05) is 41.9 Å². The summed E-state index contributed by atoms with van der Waals surface area (Å²) in [4.78, 5) is 9.32. The third kappa shape index (κ3) is 5.12. The molecule has 0 atom stereocenters. The Bertz CT molecular complexity index is 579. The van der Waals surface area contributed by atoms with Crippen molar-refractivity contribution in [1.29, 1.82) is 0 Å². The SMILES string of the molecule is CCNc1cc(CC(C)C)nc(Cc2ccc(Br)cc2)n1. The largest absolute Gasteiger partial charge is 0.370 e. The molecule has 0 unspecified atom stereocenters. The van der Waals surface area contributed by atoms with Crippen LogP contribution in [0.1, 0.15) is 37.9 Å². The molecule has 3 nitrogen and oxygen atoms in total. The van der Waals surface area contributed by atoms with E-state index in [1.165, 1.54) is 5.56 Å². The van der Waals surface area contributed by atoms with Gasteiger partial charge in [0.05, 0.1) is 0 Å². The second-order valence-electron chi connectivity index (χ2n) is 5.59. The smallest absolute Gasteiger partial charge is 0.135 e. The van der Waals surface area contributed by atoms with E-state index in [2.05, 4.69) is 77.3 Å². The van der Waals surface area contributed by atoms with E-state index in [0.29, 0.717) is 5.92 Å². The van der Waals surface area contributed by atoms with Crippen molar-refractivity contribution < 1.29 is 0 Å². The minimum Gasteiger partial charge on any atom is -0.370 e. The lowest BCUT2D eigenvalue weighted by Crippen LogP contribution is -2.08. The number of nitrogens with one attached hydrogen (secondary N) is 1. The van der Waals surface area contributed by atoms with E-state index in [1.807, 2.05) is 0 Å². The standard InChI is InChI=1S/C17H22BrN3/c1-4-19-16-11-15(9-12(2)3)20-17(21-16)10-13-5-7-14(18)8-6-13/h5-8,11-12H,4,9-10H2,1-3H3,(H,19,20,21). The third-order valence-electron chi connectivity index (χ3n) is 3.08. The Morgan fingerprint density at radius 1 is 1.14 bits per heavy atom. The molecule has 0 spiro atoms. The lowest BCUT2D eigenvalue weighted by atomic mass is 10.1. The fourth-order valence-corrected chi connectivity index (χ4v) is 2.47. The average Bonchev–Trinajstić information content (AvgIpc) is 2.41. The number of aromatic nitrogens is 2. The summed E-state index contributed by atoms with van der Waals surface area (Å²) in [5.74, 6) is 2.40. The minimum absolute atomic E-state index is 0.593. The molecule has 1 heterocycles. The lowest BCUT2D eigenvalue weighted by Gasteiger charge is -2.10. The number of anilines is 1. The van der Waals surface area contributed by atoms with Crippen LogP contribution in [0.2, 0.25) is 0 Å². The Hall–Kier alpha value is -1.42. The van der Waals surface area contributed by atoms with Gasteiger partial charge in [-0.15, -0.1) is 0 Å². The number of hydrogen-bond acceptors (Lipinski definition) is 3. The molecule has 0 radical (unpaired) electrons. The first kappa shape index (κ1) is 16.0. The van der Waals surface area contributed by atoms with Crippen molar-refractivity contribution in [3.8, 4) is 0 Å². The highest BCUT2D eigenvalue weighted by atomic mass is 79.9. The summed E-state index contributed by atoms with van der Waals surface area (Å²) in [6.07, 6.45) is 1.74. The molecule has 0 saturated heterocycles. The van der Waals surface area contributed by atoms with Crippen molar-refractivity contribution in [2.45, 2.75) is 33.6 Å². The van der Waals surface area contributed by atoms with Crippen LogP contribution in [-0.2, 0) is 12.8 Å². The first-order valence-electron chi connectivity index (χ1n) is 7.42. The molecule has 0 fully saturated rings. The van der Waals surface area contributed by atoms with Crippen LogP contribution in [-0.4, -0.2) is 16.5 Å². The Morgan fingerprint density at radius 2 is 1.86 bits per heavy atom. The van der Waals surface area contributed by atoms with Gasteiger partial charge in [-0.3, -0.25) is 0 Å². The summed E-state index contributed by atoms with van der Waals surface area (Å²) in [6.45, 7) is 7.38. The van der Waals surface area contributed by atoms with Crippen LogP contribution in [0.15, 0.2) is 34.8 Å². The summed E-state index contributed by atoms with van der Waals surface area (Å²) in [5.41, 5.74) is 2.34. The highest BCUT2D eigenvalue weighted by molar-refractivity contribution is 9.10. The molecule has 21 heavy (non-hydrogen) atoms. The second-order valence-corrected chi connectivity index (χ2v) is 6.51. The van der Waals surface area contributed by atoms with Gasteiger partial charge in [0, 0.05) is 29.2 Å². The van der Waals surface area contributed by atoms with Gasteiger partial charge in [-0.25, -0.2) is 9.97 Å². The second kappa shape index (κ2) is 7.55. The minimum atomic E-state index is 0.593. The van der Waals surface area contributed by atoms with Gasteiger partial charge < -0.3 is 5.32 Å². The molecule has 0 amide bonds. The zero-order valence-corrected chi connectivity index (χ0v) is 14.4. The maximum atomic E-state index is 4.71. The topological polar surface area (TPSA) is 37.8 Å². The summed E-state index contributed by atoms with van der Waals surface area (Å²) >= 11 is 3.46. The van der Waals surface area contributed by atoms with Crippen molar-refractivity contribution in [2.24, 2.45) is 5.92 Å². The Morgan fingerprint density at radius 3 is 2.48 bits per heavy atom. The molecule has 0 aliphatic heterocycles. The molecule has 0 aliphatic rings. The summed E-state index contributed by atoms with van der Waals surface area (Å²) in [5, 5.41) is 3.30. The maximum absolute atomic E-state index is 4.71. The molecule has 0 bridgehead atoms. The summed E-state index contributed by atoms with van der Waals surface area (Å²) < 4.78 is 1.09. The molecule has 2 rings (SSSR count). The zero-order chi connectivity index (χ0) is 15.2. The number of nitrogens with zero attached hydrogens (tertiary/aromatic N) is 2. The van der Waals surface area contributed by atoms with E-state index in [1.54, 1.807) is 0 Å². The van der Waals surface area contributed by atoms with Gasteiger partial charge >= 0.3 is 0 Å². The van der Waals surface area contributed by atoms with Crippen molar-refractivity contribution in [1.82, 2.24) is 9.97 Å². The van der Waals surface area contributed by atoms with Crippen molar-refractivity contribution in [3.05, 3.63) is 51.9 Å². The zero-order valence-electron chi connectivity index (χ0n) is 12.9. The van der Waals surface area contributed by atoms with Crippen LogP contribution in [0.4, 0.5) is 5.82 Å². The number of hydrogen-bond donors (Lipinski definition) is 1. The van der Waals surface area contributed by atoms with E-state index in [9.17, 15) is 0 Å². The first-order valence-corrected chi connectivity index (χ1v) is 8.21. The van der Waals surface area contributed by atoms with E-state index >= 15 is 0 Å². The van der Waals surface area contributed by atoms with Crippen molar-refractivity contribution >= 4 is 21.7 Å². The molecule has 1 aromatic heterocycles. The van der Waals surface area contributed by atoms with Gasteiger partial charge in [-0.2, -0.15) is 0 Å². The van der Waals surface area contributed by atoms with E-state index in [0.717, 1.165) is 41.2 Å². The molecule has 4 heteroatoms. The maximum Gasteiger partial charge on any atom is 0.135 e. The molecule has 0 saturated carbocycles. The number of benzene rings is 1. The number of halogens is 1. The molecule has 1 aromatic carbocycles. The van der Waals surface area contributed by atoms with Gasteiger partial charge in [0.15, 0.2) is 0 Å². The van der Waals surface area contributed by atoms with Crippen molar-refractivity contribution in [3.63, 3.8) is 0 Å². The molecular formula is C17H22BrN3. The van der Waals surface area contributed by atoms with Gasteiger partial charge in [0.1, 0.15) is 11.6 Å². The molecule has 112 valence electrons.